The van der Waals surface area contributed by atoms with Gasteiger partial charge in [-0.3, -0.25) is 0 Å². The summed E-state index contributed by atoms with van der Waals surface area (Å²) in [7, 11) is 0. The third-order valence-electron chi connectivity index (χ3n) is 6.54. The molecule has 0 amide bonds. The molecule has 5 fully saturated rings. The van der Waals surface area contributed by atoms with Crippen LogP contribution in [0.2, 0.25) is 0 Å². The summed E-state index contributed by atoms with van der Waals surface area (Å²) in [4.78, 5) is 0. The van der Waals surface area contributed by atoms with E-state index in [-0.39, 0.29) is 0 Å². The molecule has 1 N–H and O–H groups in total. The lowest BCUT2D eigenvalue weighted by Gasteiger charge is -2.54. The van der Waals surface area contributed by atoms with Crippen molar-refractivity contribution in [3.05, 3.63) is 0 Å². The molecule has 5 rings (SSSR count). The van der Waals surface area contributed by atoms with Crippen LogP contribution < -0.4 is 5.32 Å². The fraction of sp³-hybridized carbons (Fsp3) is 1.00. The SMILES string of the molecule is CC1(C)CC1NCC1C2CC3CC(C2)CC1C3. The fourth-order valence-corrected chi connectivity index (χ4v) is 5.47. The van der Waals surface area contributed by atoms with Crippen molar-refractivity contribution in [3.8, 4) is 0 Å². The van der Waals surface area contributed by atoms with Gasteiger partial charge in [0, 0.05) is 6.04 Å². The summed E-state index contributed by atoms with van der Waals surface area (Å²) < 4.78 is 0. The minimum absolute atomic E-state index is 0.603. The van der Waals surface area contributed by atoms with E-state index in [1.807, 2.05) is 0 Å². The molecule has 1 atom stereocenters. The first-order valence-electron chi connectivity index (χ1n) is 7.85. The highest BCUT2D eigenvalue weighted by molar-refractivity contribution is 5.04. The van der Waals surface area contributed by atoms with Crippen molar-refractivity contribution in [2.45, 2.75) is 58.4 Å². The molecule has 0 saturated heterocycles. The van der Waals surface area contributed by atoms with Gasteiger partial charge in [-0.25, -0.2) is 0 Å². The average Bonchev–Trinajstić information content (AvgIpc) is 2.84. The molecular formula is C16H27N. The van der Waals surface area contributed by atoms with Crippen LogP contribution in [0.25, 0.3) is 0 Å². The van der Waals surface area contributed by atoms with Gasteiger partial charge in [0.05, 0.1) is 0 Å². The first-order chi connectivity index (χ1) is 8.12. The number of hydrogen-bond acceptors (Lipinski definition) is 1. The number of nitrogens with one attached hydrogen (secondary N) is 1. The monoisotopic (exact) mass is 233 g/mol. The molecule has 0 aliphatic heterocycles. The molecule has 0 heterocycles. The second-order valence-corrected chi connectivity index (χ2v) is 8.25. The van der Waals surface area contributed by atoms with Crippen molar-refractivity contribution in [1.29, 1.82) is 0 Å². The Bertz CT molecular complexity index is 291. The van der Waals surface area contributed by atoms with Gasteiger partial charge in [0.2, 0.25) is 0 Å². The average molecular weight is 233 g/mol. The third kappa shape index (κ3) is 1.77. The quantitative estimate of drug-likeness (QED) is 0.787. The van der Waals surface area contributed by atoms with Crippen molar-refractivity contribution in [3.63, 3.8) is 0 Å². The van der Waals surface area contributed by atoms with Crippen LogP contribution in [0.1, 0.15) is 52.4 Å². The van der Waals surface area contributed by atoms with E-state index in [2.05, 4.69) is 19.2 Å². The Kier molecular flexibility index (Phi) is 2.23. The largest absolute Gasteiger partial charge is 0.313 e. The molecule has 0 spiro atoms. The summed E-state index contributed by atoms with van der Waals surface area (Å²) in [6, 6.07) is 0.833. The fourth-order valence-electron chi connectivity index (χ4n) is 5.47. The van der Waals surface area contributed by atoms with Gasteiger partial charge in [-0.05, 0) is 80.1 Å². The van der Waals surface area contributed by atoms with Crippen LogP contribution in [0, 0.1) is 35.0 Å². The Morgan fingerprint density at radius 3 is 1.94 bits per heavy atom. The standard InChI is InChI=1S/C16H27N/c1-16(2)8-15(16)17-9-14-12-4-10-3-11(6-12)7-13(14)5-10/h10-15,17H,3-9H2,1-2H3. The second-order valence-electron chi connectivity index (χ2n) is 8.25. The summed E-state index contributed by atoms with van der Waals surface area (Å²) in [5.41, 5.74) is 0.603. The van der Waals surface area contributed by atoms with E-state index in [1.54, 1.807) is 32.1 Å². The molecule has 4 bridgehead atoms. The van der Waals surface area contributed by atoms with Gasteiger partial charge in [-0.1, -0.05) is 13.8 Å². The van der Waals surface area contributed by atoms with Crippen molar-refractivity contribution in [1.82, 2.24) is 5.32 Å². The first kappa shape index (κ1) is 10.8. The van der Waals surface area contributed by atoms with Crippen LogP contribution in [0.15, 0.2) is 0 Å². The third-order valence-corrected chi connectivity index (χ3v) is 6.54. The van der Waals surface area contributed by atoms with E-state index < -0.39 is 0 Å². The molecule has 0 aromatic rings. The van der Waals surface area contributed by atoms with E-state index in [0.717, 1.165) is 35.6 Å². The predicted octanol–water partition coefficient (Wildman–Crippen LogP) is 3.45. The van der Waals surface area contributed by atoms with E-state index in [4.69, 9.17) is 0 Å². The van der Waals surface area contributed by atoms with E-state index in [1.165, 1.54) is 13.0 Å². The zero-order chi connectivity index (χ0) is 11.6. The molecule has 0 aromatic carbocycles. The van der Waals surface area contributed by atoms with Gasteiger partial charge >= 0.3 is 0 Å². The number of rotatable bonds is 3. The van der Waals surface area contributed by atoms with Crippen LogP contribution >= 0.6 is 0 Å². The lowest BCUT2D eigenvalue weighted by molar-refractivity contribution is -0.0357. The molecule has 96 valence electrons. The molecule has 5 aliphatic carbocycles. The minimum atomic E-state index is 0.603. The highest BCUT2D eigenvalue weighted by Gasteiger charge is 2.50. The summed E-state index contributed by atoms with van der Waals surface area (Å²) in [6.45, 7) is 6.14. The Hall–Kier alpha value is -0.0400. The van der Waals surface area contributed by atoms with Crippen molar-refractivity contribution in [2.24, 2.45) is 35.0 Å². The maximum atomic E-state index is 3.87. The summed E-state index contributed by atoms with van der Waals surface area (Å²) in [5, 5.41) is 3.87. The highest BCUT2D eigenvalue weighted by atomic mass is 15.0. The summed E-state index contributed by atoms with van der Waals surface area (Å²) >= 11 is 0. The zero-order valence-electron chi connectivity index (χ0n) is 11.4. The van der Waals surface area contributed by atoms with Crippen LogP contribution in [0.3, 0.4) is 0 Å². The lowest BCUT2D eigenvalue weighted by atomic mass is 9.52. The molecular weight excluding hydrogens is 206 g/mol. The van der Waals surface area contributed by atoms with E-state index in [9.17, 15) is 0 Å². The van der Waals surface area contributed by atoms with Gasteiger partial charge in [0.15, 0.2) is 0 Å². The molecule has 1 heteroatoms. The van der Waals surface area contributed by atoms with E-state index in [0.29, 0.717) is 5.41 Å². The molecule has 1 unspecified atom stereocenters. The smallest absolute Gasteiger partial charge is 0.0125 e. The maximum Gasteiger partial charge on any atom is 0.0125 e. The normalized spacial score (nSPS) is 54.0. The van der Waals surface area contributed by atoms with Gasteiger partial charge in [0.25, 0.3) is 0 Å². The Labute approximate surface area is 106 Å². The predicted molar refractivity (Wildman–Crippen MR) is 70.7 cm³/mol. The Morgan fingerprint density at radius 2 is 1.47 bits per heavy atom. The topological polar surface area (TPSA) is 12.0 Å². The molecule has 0 aromatic heterocycles. The van der Waals surface area contributed by atoms with Crippen LogP contribution in [0.4, 0.5) is 0 Å². The minimum Gasteiger partial charge on any atom is -0.313 e. The van der Waals surface area contributed by atoms with Crippen molar-refractivity contribution >= 4 is 0 Å². The first-order valence-corrected chi connectivity index (χ1v) is 7.85. The van der Waals surface area contributed by atoms with Gasteiger partial charge in [0.1, 0.15) is 0 Å². The number of hydrogen-bond donors (Lipinski definition) is 1. The Morgan fingerprint density at radius 1 is 0.941 bits per heavy atom. The molecule has 0 radical (unpaired) electrons. The van der Waals surface area contributed by atoms with Crippen molar-refractivity contribution < 1.29 is 0 Å². The van der Waals surface area contributed by atoms with Crippen molar-refractivity contribution in [2.75, 3.05) is 6.54 Å². The Balaban J connectivity index is 1.38. The maximum absolute atomic E-state index is 3.87. The molecule has 5 aliphatic rings. The second kappa shape index (κ2) is 3.50. The van der Waals surface area contributed by atoms with Gasteiger partial charge in [-0.2, -0.15) is 0 Å². The van der Waals surface area contributed by atoms with Crippen LogP contribution in [-0.4, -0.2) is 12.6 Å². The molecule has 1 nitrogen and oxygen atoms in total. The zero-order valence-corrected chi connectivity index (χ0v) is 11.4. The summed E-state index contributed by atoms with van der Waals surface area (Å²) in [5.74, 6) is 5.50. The van der Waals surface area contributed by atoms with Crippen LogP contribution in [0.5, 0.6) is 0 Å². The van der Waals surface area contributed by atoms with Gasteiger partial charge in [-0.15, -0.1) is 0 Å². The summed E-state index contributed by atoms with van der Waals surface area (Å²) in [6.07, 6.45) is 9.30. The van der Waals surface area contributed by atoms with Crippen LogP contribution in [-0.2, 0) is 0 Å². The molecule has 5 saturated carbocycles. The highest BCUT2D eigenvalue weighted by Crippen LogP contribution is 2.56. The van der Waals surface area contributed by atoms with Gasteiger partial charge < -0.3 is 5.32 Å². The lowest BCUT2D eigenvalue weighted by Crippen LogP contribution is -2.48. The van der Waals surface area contributed by atoms with E-state index >= 15 is 0 Å². The molecule has 17 heavy (non-hydrogen) atoms.